The van der Waals surface area contributed by atoms with Gasteiger partial charge in [-0.2, -0.15) is 4.31 Å². The number of sulfonamides is 1. The lowest BCUT2D eigenvalue weighted by Gasteiger charge is -2.32. The number of benzene rings is 1. The van der Waals surface area contributed by atoms with Crippen LogP contribution in [0.5, 0.6) is 0 Å². The van der Waals surface area contributed by atoms with Crippen LogP contribution >= 0.6 is 11.6 Å². The second-order valence-electron chi connectivity index (χ2n) is 5.12. The van der Waals surface area contributed by atoms with Crippen molar-refractivity contribution in [2.24, 2.45) is 0 Å². The van der Waals surface area contributed by atoms with Crippen LogP contribution in [0.3, 0.4) is 0 Å². The van der Waals surface area contributed by atoms with Crippen molar-refractivity contribution in [1.82, 2.24) is 9.21 Å². The summed E-state index contributed by atoms with van der Waals surface area (Å²) in [6.45, 7) is 1.87. The SMILES string of the molecule is CS(=O)(=O)N1CCN(CC(=O)Nc2ccc(F)c(Cl)c2)CC1. The summed E-state index contributed by atoms with van der Waals surface area (Å²) in [7, 11) is -3.18. The van der Waals surface area contributed by atoms with Gasteiger partial charge < -0.3 is 5.32 Å². The van der Waals surface area contributed by atoms with Crippen LogP contribution in [0, 0.1) is 5.82 Å². The number of carbonyl (C=O) groups excluding carboxylic acids is 1. The third-order valence-corrected chi connectivity index (χ3v) is 4.96. The van der Waals surface area contributed by atoms with E-state index in [2.05, 4.69) is 5.32 Å². The lowest BCUT2D eigenvalue weighted by Crippen LogP contribution is -2.50. The van der Waals surface area contributed by atoms with Crippen LogP contribution in [0.15, 0.2) is 18.2 Å². The summed E-state index contributed by atoms with van der Waals surface area (Å²) in [5, 5.41) is 2.58. The fourth-order valence-electron chi connectivity index (χ4n) is 2.20. The van der Waals surface area contributed by atoms with E-state index < -0.39 is 15.8 Å². The first-order valence-corrected chi connectivity index (χ1v) is 8.91. The Balaban J connectivity index is 1.84. The van der Waals surface area contributed by atoms with Gasteiger partial charge in [0, 0.05) is 31.9 Å². The summed E-state index contributed by atoms with van der Waals surface area (Å²) < 4.78 is 37.2. The number of piperazine rings is 1. The molecule has 6 nitrogen and oxygen atoms in total. The summed E-state index contributed by atoms with van der Waals surface area (Å²) in [6, 6.07) is 3.96. The van der Waals surface area contributed by atoms with E-state index in [-0.39, 0.29) is 17.5 Å². The first kappa shape index (κ1) is 17.1. The van der Waals surface area contributed by atoms with E-state index >= 15 is 0 Å². The van der Waals surface area contributed by atoms with Crippen molar-refractivity contribution < 1.29 is 17.6 Å². The molecule has 0 spiro atoms. The standard InChI is InChI=1S/C13H17ClFN3O3S/c1-22(20,21)18-6-4-17(5-7-18)9-13(19)16-10-2-3-12(15)11(14)8-10/h2-3,8H,4-7,9H2,1H3,(H,16,19). The number of anilines is 1. The molecule has 1 aromatic rings. The fraction of sp³-hybridized carbons (Fsp3) is 0.462. The average molecular weight is 350 g/mol. The average Bonchev–Trinajstić information content (AvgIpc) is 2.42. The van der Waals surface area contributed by atoms with Gasteiger partial charge in [-0.1, -0.05) is 11.6 Å². The molecular weight excluding hydrogens is 333 g/mol. The molecule has 1 fully saturated rings. The molecule has 1 saturated heterocycles. The van der Waals surface area contributed by atoms with Gasteiger partial charge in [0.15, 0.2) is 0 Å². The van der Waals surface area contributed by atoms with Gasteiger partial charge in [-0.15, -0.1) is 0 Å². The van der Waals surface area contributed by atoms with Crippen molar-refractivity contribution in [2.45, 2.75) is 0 Å². The molecule has 22 heavy (non-hydrogen) atoms. The van der Waals surface area contributed by atoms with Crippen LogP contribution in [0.25, 0.3) is 0 Å². The van der Waals surface area contributed by atoms with E-state index in [1.807, 2.05) is 4.90 Å². The molecule has 1 amide bonds. The molecule has 0 aliphatic carbocycles. The maximum Gasteiger partial charge on any atom is 0.238 e. The quantitative estimate of drug-likeness (QED) is 0.880. The molecule has 1 aliphatic rings. The van der Waals surface area contributed by atoms with Crippen LogP contribution in [0.2, 0.25) is 5.02 Å². The highest BCUT2D eigenvalue weighted by molar-refractivity contribution is 7.88. The Bertz CT molecular complexity index is 660. The summed E-state index contributed by atoms with van der Waals surface area (Å²) in [6.07, 6.45) is 1.17. The Hall–Kier alpha value is -1.22. The van der Waals surface area contributed by atoms with Crippen molar-refractivity contribution in [3.05, 3.63) is 29.0 Å². The summed E-state index contributed by atoms with van der Waals surface area (Å²) in [4.78, 5) is 13.8. The molecule has 1 heterocycles. The number of rotatable bonds is 4. The highest BCUT2D eigenvalue weighted by Gasteiger charge is 2.24. The molecule has 0 unspecified atom stereocenters. The molecular formula is C13H17ClFN3O3S. The number of hydrogen-bond donors (Lipinski definition) is 1. The van der Waals surface area contributed by atoms with Gasteiger partial charge in [-0.25, -0.2) is 12.8 Å². The topological polar surface area (TPSA) is 69.7 Å². The minimum absolute atomic E-state index is 0.0560. The molecule has 2 rings (SSSR count). The minimum atomic E-state index is -3.18. The monoisotopic (exact) mass is 349 g/mol. The Morgan fingerprint density at radius 1 is 1.32 bits per heavy atom. The first-order valence-electron chi connectivity index (χ1n) is 6.68. The van der Waals surface area contributed by atoms with Gasteiger partial charge in [-0.3, -0.25) is 9.69 Å². The molecule has 0 saturated carbocycles. The van der Waals surface area contributed by atoms with Gasteiger partial charge in [0.1, 0.15) is 5.82 Å². The van der Waals surface area contributed by atoms with Gasteiger partial charge >= 0.3 is 0 Å². The molecule has 122 valence electrons. The van der Waals surface area contributed by atoms with Crippen molar-refractivity contribution in [1.29, 1.82) is 0 Å². The number of amides is 1. The maximum absolute atomic E-state index is 13.0. The van der Waals surface area contributed by atoms with Crippen molar-refractivity contribution in [2.75, 3.05) is 44.3 Å². The Kier molecular flexibility index (Phi) is 5.38. The number of halogens is 2. The maximum atomic E-state index is 13.0. The molecule has 1 aromatic carbocycles. The van der Waals surface area contributed by atoms with Gasteiger partial charge in [0.2, 0.25) is 15.9 Å². The second-order valence-corrected chi connectivity index (χ2v) is 7.50. The summed E-state index contributed by atoms with van der Waals surface area (Å²) in [5.41, 5.74) is 0.422. The molecule has 0 radical (unpaired) electrons. The van der Waals surface area contributed by atoms with E-state index in [0.29, 0.717) is 31.9 Å². The fourth-order valence-corrected chi connectivity index (χ4v) is 3.20. The first-order chi connectivity index (χ1) is 10.3. The number of nitrogens with zero attached hydrogens (tertiary/aromatic N) is 2. The normalized spacial score (nSPS) is 17.4. The molecule has 1 aliphatic heterocycles. The lowest BCUT2D eigenvalue weighted by atomic mass is 10.3. The van der Waals surface area contributed by atoms with Crippen LogP contribution in [0.1, 0.15) is 0 Å². The highest BCUT2D eigenvalue weighted by atomic mass is 35.5. The zero-order valence-corrected chi connectivity index (χ0v) is 13.6. The third kappa shape index (κ3) is 4.64. The Labute approximate surface area is 133 Å². The smallest absolute Gasteiger partial charge is 0.238 e. The zero-order valence-electron chi connectivity index (χ0n) is 12.1. The van der Waals surface area contributed by atoms with Gasteiger partial charge in [0.25, 0.3) is 0 Å². The Morgan fingerprint density at radius 3 is 2.50 bits per heavy atom. The van der Waals surface area contributed by atoms with E-state index in [1.165, 1.54) is 28.8 Å². The van der Waals surface area contributed by atoms with Crippen molar-refractivity contribution in [3.63, 3.8) is 0 Å². The Morgan fingerprint density at radius 2 is 1.95 bits per heavy atom. The van der Waals surface area contributed by atoms with E-state index in [4.69, 9.17) is 11.6 Å². The van der Waals surface area contributed by atoms with E-state index in [0.717, 1.165) is 0 Å². The number of carbonyl (C=O) groups is 1. The third-order valence-electron chi connectivity index (χ3n) is 3.37. The molecule has 0 bridgehead atoms. The van der Waals surface area contributed by atoms with Crippen LogP contribution in [0.4, 0.5) is 10.1 Å². The van der Waals surface area contributed by atoms with Crippen LogP contribution < -0.4 is 5.32 Å². The van der Waals surface area contributed by atoms with Crippen molar-refractivity contribution in [3.8, 4) is 0 Å². The molecule has 9 heteroatoms. The zero-order chi connectivity index (χ0) is 16.3. The largest absolute Gasteiger partial charge is 0.325 e. The highest BCUT2D eigenvalue weighted by Crippen LogP contribution is 2.19. The van der Waals surface area contributed by atoms with Gasteiger partial charge in [0.05, 0.1) is 17.8 Å². The lowest BCUT2D eigenvalue weighted by molar-refractivity contribution is -0.117. The van der Waals surface area contributed by atoms with Crippen LogP contribution in [-0.4, -0.2) is 62.5 Å². The minimum Gasteiger partial charge on any atom is -0.325 e. The van der Waals surface area contributed by atoms with E-state index in [9.17, 15) is 17.6 Å². The predicted molar refractivity (Wildman–Crippen MR) is 82.9 cm³/mol. The van der Waals surface area contributed by atoms with E-state index in [1.54, 1.807) is 0 Å². The molecule has 0 aromatic heterocycles. The summed E-state index contributed by atoms with van der Waals surface area (Å²) in [5.74, 6) is -0.799. The molecule has 0 atom stereocenters. The van der Waals surface area contributed by atoms with Crippen LogP contribution in [-0.2, 0) is 14.8 Å². The second kappa shape index (κ2) is 6.91. The predicted octanol–water partition coefficient (Wildman–Crippen LogP) is 0.995. The molecule has 1 N–H and O–H groups in total. The van der Waals surface area contributed by atoms with Gasteiger partial charge in [-0.05, 0) is 18.2 Å². The number of hydrogen-bond acceptors (Lipinski definition) is 4. The number of nitrogens with one attached hydrogen (secondary N) is 1. The van der Waals surface area contributed by atoms with Crippen molar-refractivity contribution >= 4 is 33.2 Å². The summed E-state index contributed by atoms with van der Waals surface area (Å²) >= 11 is 5.65.